The first kappa shape index (κ1) is 35.2. The lowest BCUT2D eigenvalue weighted by Gasteiger charge is -2.47. The minimum atomic E-state index is -1.78. The molecule has 0 spiro atoms. The molecule has 0 aliphatic heterocycles. The minimum Gasteiger partial charge on any atom is -0.465 e. The Morgan fingerprint density at radius 3 is 1.20 bits per heavy atom. The second kappa shape index (κ2) is 17.3. The van der Waals surface area contributed by atoms with Gasteiger partial charge in [0, 0.05) is 0 Å². The Labute approximate surface area is 278 Å². The van der Waals surface area contributed by atoms with Gasteiger partial charge in [-0.05, 0) is 59.8 Å². The third-order valence-corrected chi connectivity index (χ3v) is 9.91. The maximum absolute atomic E-state index is 15.1. The molecule has 4 aromatic rings. The zero-order valence-corrected chi connectivity index (χ0v) is 28.3. The first-order chi connectivity index (χ1) is 22.5. The molecule has 0 saturated heterocycles. The molecule has 3 nitrogen and oxygen atoms in total. The van der Waals surface area contributed by atoms with Gasteiger partial charge in [0.1, 0.15) is 5.60 Å². The van der Waals surface area contributed by atoms with Gasteiger partial charge < -0.3 is 9.84 Å². The third-order valence-electron chi connectivity index (χ3n) is 9.91. The van der Waals surface area contributed by atoms with E-state index in [1.165, 1.54) is 57.8 Å². The van der Waals surface area contributed by atoms with E-state index >= 15 is 4.79 Å². The van der Waals surface area contributed by atoms with E-state index in [0.29, 0.717) is 34.3 Å². The number of hydrogen-bond acceptors (Lipinski definition) is 3. The summed E-state index contributed by atoms with van der Waals surface area (Å²) >= 11 is 0. The first-order valence-electron chi connectivity index (χ1n) is 17.6. The molecule has 1 N–H and O–H groups in total. The Hall–Kier alpha value is -3.69. The number of ether oxygens (including phenoxy) is 1. The topological polar surface area (TPSA) is 46.5 Å². The summed E-state index contributed by atoms with van der Waals surface area (Å²) in [6, 6.07) is 38.5. The SMILES string of the molecule is CCCCC(CCCC)(CCCC)CCCOC(=O)C(c1ccccc1)(c1ccccc1)C(O)(c1ccccc1)c1ccccc1. The molecule has 0 fully saturated rings. The summed E-state index contributed by atoms with van der Waals surface area (Å²) in [5.74, 6) is -0.443. The van der Waals surface area contributed by atoms with Crippen LogP contribution in [0.2, 0.25) is 0 Å². The fourth-order valence-electron chi connectivity index (χ4n) is 7.43. The minimum absolute atomic E-state index is 0.291. The van der Waals surface area contributed by atoms with Crippen LogP contribution in [0.1, 0.15) is 114 Å². The molecule has 0 aromatic heterocycles. The van der Waals surface area contributed by atoms with Crippen molar-refractivity contribution in [3.05, 3.63) is 144 Å². The lowest BCUT2D eigenvalue weighted by molar-refractivity contribution is -0.158. The summed E-state index contributed by atoms with van der Waals surface area (Å²) in [7, 11) is 0. The molecular weight excluding hydrogens is 564 g/mol. The second-order valence-corrected chi connectivity index (χ2v) is 13.0. The van der Waals surface area contributed by atoms with Crippen LogP contribution >= 0.6 is 0 Å². The quantitative estimate of drug-likeness (QED) is 0.0840. The van der Waals surface area contributed by atoms with Gasteiger partial charge in [-0.2, -0.15) is 0 Å². The molecule has 0 unspecified atom stereocenters. The lowest BCUT2D eigenvalue weighted by atomic mass is 9.58. The highest BCUT2D eigenvalue weighted by Crippen LogP contribution is 2.52. The molecule has 0 aliphatic rings. The van der Waals surface area contributed by atoms with Crippen molar-refractivity contribution >= 4 is 5.97 Å². The van der Waals surface area contributed by atoms with Crippen LogP contribution in [0.15, 0.2) is 121 Å². The first-order valence-corrected chi connectivity index (χ1v) is 17.6. The number of hydrogen-bond donors (Lipinski definition) is 1. The van der Waals surface area contributed by atoms with Crippen molar-refractivity contribution in [3.63, 3.8) is 0 Å². The Bertz CT molecular complexity index is 1320. The van der Waals surface area contributed by atoms with E-state index in [1.54, 1.807) is 0 Å². The molecule has 0 saturated carbocycles. The number of aliphatic hydroxyl groups is 1. The maximum Gasteiger partial charge on any atom is 0.324 e. The maximum atomic E-state index is 15.1. The normalized spacial score (nSPS) is 12.2. The average molecular weight is 619 g/mol. The van der Waals surface area contributed by atoms with Gasteiger partial charge in [0.15, 0.2) is 5.41 Å². The fourth-order valence-corrected chi connectivity index (χ4v) is 7.43. The Morgan fingerprint density at radius 2 is 0.848 bits per heavy atom. The van der Waals surface area contributed by atoms with Crippen LogP contribution < -0.4 is 0 Å². The van der Waals surface area contributed by atoms with Crippen molar-refractivity contribution in [1.82, 2.24) is 0 Å². The third kappa shape index (κ3) is 7.64. The highest BCUT2D eigenvalue weighted by molar-refractivity contribution is 5.91. The Morgan fingerprint density at radius 1 is 0.522 bits per heavy atom. The van der Waals surface area contributed by atoms with Crippen LogP contribution in [-0.4, -0.2) is 17.7 Å². The van der Waals surface area contributed by atoms with Crippen LogP contribution in [0.3, 0.4) is 0 Å². The summed E-state index contributed by atoms with van der Waals surface area (Å²) in [6.45, 7) is 7.14. The van der Waals surface area contributed by atoms with Crippen molar-refractivity contribution in [3.8, 4) is 0 Å². The molecule has 4 aromatic carbocycles. The molecule has 244 valence electrons. The van der Waals surface area contributed by atoms with E-state index in [0.717, 1.165) is 12.8 Å². The molecule has 0 bridgehead atoms. The van der Waals surface area contributed by atoms with Crippen LogP contribution in [0.4, 0.5) is 0 Å². The summed E-state index contributed by atoms with van der Waals surface area (Å²) < 4.78 is 6.42. The van der Waals surface area contributed by atoms with Crippen molar-refractivity contribution in [2.75, 3.05) is 6.61 Å². The van der Waals surface area contributed by atoms with Gasteiger partial charge in [-0.3, -0.25) is 4.79 Å². The van der Waals surface area contributed by atoms with Crippen LogP contribution in [-0.2, 0) is 20.5 Å². The number of unbranched alkanes of at least 4 members (excludes halogenated alkanes) is 3. The van der Waals surface area contributed by atoms with E-state index in [1.807, 2.05) is 121 Å². The summed E-state index contributed by atoms with van der Waals surface area (Å²) in [5, 5.41) is 13.4. The molecular formula is C43H54O3. The fraction of sp³-hybridized carbons (Fsp3) is 0.419. The molecule has 0 amide bonds. The van der Waals surface area contributed by atoms with Crippen molar-refractivity contribution in [2.45, 2.75) is 102 Å². The molecule has 0 atom stereocenters. The number of carbonyl (C=O) groups is 1. The molecule has 0 heterocycles. The monoisotopic (exact) mass is 618 g/mol. The van der Waals surface area contributed by atoms with Crippen molar-refractivity contribution in [1.29, 1.82) is 0 Å². The molecule has 4 rings (SSSR count). The van der Waals surface area contributed by atoms with Gasteiger partial charge in [0.25, 0.3) is 0 Å². The van der Waals surface area contributed by atoms with Gasteiger partial charge >= 0.3 is 5.97 Å². The highest BCUT2D eigenvalue weighted by atomic mass is 16.5. The van der Waals surface area contributed by atoms with Gasteiger partial charge in [0.2, 0.25) is 0 Å². The number of benzene rings is 4. The molecule has 46 heavy (non-hydrogen) atoms. The Balaban J connectivity index is 1.81. The van der Waals surface area contributed by atoms with Crippen LogP contribution in [0, 0.1) is 5.41 Å². The van der Waals surface area contributed by atoms with Crippen LogP contribution in [0.5, 0.6) is 0 Å². The van der Waals surface area contributed by atoms with Gasteiger partial charge in [-0.15, -0.1) is 0 Å². The van der Waals surface area contributed by atoms with Gasteiger partial charge in [-0.25, -0.2) is 0 Å². The largest absolute Gasteiger partial charge is 0.465 e. The number of esters is 1. The average Bonchev–Trinajstić information content (AvgIpc) is 3.12. The zero-order chi connectivity index (χ0) is 32.7. The van der Waals surface area contributed by atoms with E-state index in [4.69, 9.17) is 4.74 Å². The summed E-state index contributed by atoms with van der Waals surface area (Å²) in [4.78, 5) is 15.1. The van der Waals surface area contributed by atoms with E-state index in [2.05, 4.69) is 20.8 Å². The van der Waals surface area contributed by atoms with Crippen molar-refractivity contribution < 1.29 is 14.6 Å². The predicted octanol–water partition coefficient (Wildman–Crippen LogP) is 10.8. The molecule has 0 aliphatic carbocycles. The van der Waals surface area contributed by atoms with Gasteiger partial charge in [-0.1, -0.05) is 181 Å². The van der Waals surface area contributed by atoms with E-state index in [9.17, 15) is 5.11 Å². The summed E-state index contributed by atoms with van der Waals surface area (Å²) in [5.41, 5.74) is -0.440. The van der Waals surface area contributed by atoms with E-state index in [-0.39, 0.29) is 0 Å². The predicted molar refractivity (Wildman–Crippen MR) is 191 cm³/mol. The number of carbonyl (C=O) groups excluding carboxylic acids is 1. The lowest BCUT2D eigenvalue weighted by Crippen LogP contribution is -2.57. The second-order valence-electron chi connectivity index (χ2n) is 13.0. The zero-order valence-electron chi connectivity index (χ0n) is 28.3. The molecule has 3 heteroatoms. The molecule has 0 radical (unpaired) electrons. The van der Waals surface area contributed by atoms with Crippen molar-refractivity contribution in [2.24, 2.45) is 5.41 Å². The highest BCUT2D eigenvalue weighted by Gasteiger charge is 2.61. The smallest absolute Gasteiger partial charge is 0.324 e. The van der Waals surface area contributed by atoms with Gasteiger partial charge in [0.05, 0.1) is 6.61 Å². The van der Waals surface area contributed by atoms with E-state index < -0.39 is 17.0 Å². The standard InChI is InChI=1S/C43H54O3/c1-4-7-31-41(32-8-5-2,33-9-6-3)34-22-35-46-40(44)42(36-23-14-10-15-24-36,37-25-16-11-17-26-37)43(45,38-27-18-12-19-28-38)39-29-20-13-21-30-39/h10-21,23-30,45H,4-9,22,31-35H2,1-3H3. The van der Waals surface area contributed by atoms with Crippen LogP contribution in [0.25, 0.3) is 0 Å². The number of rotatable bonds is 19. The summed E-state index contributed by atoms with van der Waals surface area (Å²) in [6.07, 6.45) is 12.9. The Kier molecular flexibility index (Phi) is 13.2.